The molecule has 3 rings (SSSR count). The number of fused-ring (bicyclic) bond motifs is 1. The van der Waals surface area contributed by atoms with Crippen molar-refractivity contribution in [1.82, 2.24) is 0 Å². The van der Waals surface area contributed by atoms with Crippen LogP contribution in [0.4, 0.5) is 0 Å². The summed E-state index contributed by atoms with van der Waals surface area (Å²) in [7, 11) is 1.66. The SMILES string of the molecule is COc1ccc2cc(C(O)C3(C)CCCO3)ccc2c1. The summed E-state index contributed by atoms with van der Waals surface area (Å²) in [4.78, 5) is 0. The summed E-state index contributed by atoms with van der Waals surface area (Å²) in [6.45, 7) is 2.72. The summed E-state index contributed by atoms with van der Waals surface area (Å²) < 4.78 is 11.0. The fourth-order valence-corrected chi connectivity index (χ4v) is 2.91. The maximum atomic E-state index is 10.6. The molecule has 1 heterocycles. The molecule has 20 heavy (non-hydrogen) atoms. The summed E-state index contributed by atoms with van der Waals surface area (Å²) >= 11 is 0. The molecule has 3 heteroatoms. The van der Waals surface area contributed by atoms with Crippen molar-refractivity contribution in [1.29, 1.82) is 0 Å². The fourth-order valence-electron chi connectivity index (χ4n) is 2.91. The van der Waals surface area contributed by atoms with Crippen LogP contribution in [0, 0.1) is 0 Å². The van der Waals surface area contributed by atoms with E-state index in [0.29, 0.717) is 0 Å². The highest BCUT2D eigenvalue weighted by Crippen LogP contribution is 2.38. The van der Waals surface area contributed by atoms with E-state index < -0.39 is 11.7 Å². The Bertz CT molecular complexity index is 615. The van der Waals surface area contributed by atoms with E-state index in [1.807, 2.05) is 43.3 Å². The molecule has 0 aliphatic carbocycles. The van der Waals surface area contributed by atoms with E-state index in [2.05, 4.69) is 0 Å². The second-order valence-electron chi connectivity index (χ2n) is 5.64. The molecule has 0 amide bonds. The zero-order valence-corrected chi connectivity index (χ0v) is 11.9. The fraction of sp³-hybridized carbons (Fsp3) is 0.412. The molecule has 1 N–H and O–H groups in total. The molecule has 0 aromatic heterocycles. The highest BCUT2D eigenvalue weighted by atomic mass is 16.5. The van der Waals surface area contributed by atoms with Crippen LogP contribution >= 0.6 is 0 Å². The molecule has 1 aliphatic heterocycles. The van der Waals surface area contributed by atoms with Crippen molar-refractivity contribution in [2.45, 2.75) is 31.5 Å². The molecule has 2 unspecified atom stereocenters. The van der Waals surface area contributed by atoms with Crippen LogP contribution in [-0.2, 0) is 4.74 Å². The van der Waals surface area contributed by atoms with Gasteiger partial charge in [0.1, 0.15) is 11.9 Å². The highest BCUT2D eigenvalue weighted by Gasteiger charge is 2.38. The van der Waals surface area contributed by atoms with Crippen LogP contribution in [0.15, 0.2) is 36.4 Å². The summed E-state index contributed by atoms with van der Waals surface area (Å²) in [5, 5.41) is 12.8. The van der Waals surface area contributed by atoms with Gasteiger partial charge in [0.15, 0.2) is 0 Å². The Kier molecular flexibility index (Phi) is 3.40. The molecular formula is C17H20O3. The van der Waals surface area contributed by atoms with Crippen molar-refractivity contribution in [2.75, 3.05) is 13.7 Å². The molecule has 0 radical (unpaired) electrons. The normalized spacial score (nSPS) is 23.9. The van der Waals surface area contributed by atoms with Gasteiger partial charge in [-0.25, -0.2) is 0 Å². The minimum absolute atomic E-state index is 0.458. The molecule has 2 atom stereocenters. The molecule has 0 saturated carbocycles. The Labute approximate surface area is 119 Å². The quantitative estimate of drug-likeness (QED) is 0.930. The Morgan fingerprint density at radius 1 is 1.20 bits per heavy atom. The van der Waals surface area contributed by atoms with Crippen LogP contribution < -0.4 is 4.74 Å². The number of aliphatic hydroxyl groups excluding tert-OH is 1. The number of aliphatic hydroxyl groups is 1. The van der Waals surface area contributed by atoms with E-state index in [4.69, 9.17) is 9.47 Å². The van der Waals surface area contributed by atoms with Crippen molar-refractivity contribution in [3.8, 4) is 5.75 Å². The number of methoxy groups -OCH3 is 1. The van der Waals surface area contributed by atoms with Crippen LogP contribution in [0.3, 0.4) is 0 Å². The average molecular weight is 272 g/mol. The maximum Gasteiger partial charge on any atom is 0.119 e. The van der Waals surface area contributed by atoms with Crippen LogP contribution in [0.5, 0.6) is 5.75 Å². The molecule has 1 fully saturated rings. The van der Waals surface area contributed by atoms with E-state index in [1.54, 1.807) is 7.11 Å². The van der Waals surface area contributed by atoms with Gasteiger partial charge in [-0.05, 0) is 54.3 Å². The Hall–Kier alpha value is -1.58. The van der Waals surface area contributed by atoms with Crippen molar-refractivity contribution in [2.24, 2.45) is 0 Å². The summed E-state index contributed by atoms with van der Waals surface area (Å²) in [5.41, 5.74) is 0.451. The van der Waals surface area contributed by atoms with Gasteiger partial charge in [-0.1, -0.05) is 18.2 Å². The van der Waals surface area contributed by atoms with Gasteiger partial charge in [0.2, 0.25) is 0 Å². The standard InChI is InChI=1S/C17H20O3/c1-17(8-3-9-20-17)16(18)14-5-4-13-11-15(19-2)7-6-12(13)10-14/h4-7,10-11,16,18H,3,8-9H2,1-2H3. The number of benzene rings is 2. The van der Waals surface area contributed by atoms with Crippen LogP contribution in [0.25, 0.3) is 10.8 Å². The van der Waals surface area contributed by atoms with E-state index in [-0.39, 0.29) is 0 Å². The number of ether oxygens (including phenoxy) is 2. The van der Waals surface area contributed by atoms with Gasteiger partial charge in [-0.2, -0.15) is 0 Å². The summed E-state index contributed by atoms with van der Waals surface area (Å²) in [5.74, 6) is 0.844. The van der Waals surface area contributed by atoms with Crippen molar-refractivity contribution in [3.63, 3.8) is 0 Å². The molecule has 1 aliphatic rings. The first-order chi connectivity index (χ1) is 9.62. The van der Waals surface area contributed by atoms with E-state index in [0.717, 1.165) is 41.5 Å². The third-order valence-corrected chi connectivity index (χ3v) is 4.21. The first-order valence-corrected chi connectivity index (χ1v) is 7.02. The van der Waals surface area contributed by atoms with Gasteiger partial charge in [0.05, 0.1) is 12.7 Å². The zero-order chi connectivity index (χ0) is 14.2. The molecule has 106 valence electrons. The molecule has 0 spiro atoms. The Balaban J connectivity index is 1.96. The van der Waals surface area contributed by atoms with Crippen molar-refractivity contribution in [3.05, 3.63) is 42.0 Å². The van der Waals surface area contributed by atoms with E-state index >= 15 is 0 Å². The predicted octanol–water partition coefficient (Wildman–Crippen LogP) is 3.45. The number of rotatable bonds is 3. The largest absolute Gasteiger partial charge is 0.497 e. The summed E-state index contributed by atoms with van der Waals surface area (Å²) in [6.07, 6.45) is 1.32. The lowest BCUT2D eigenvalue weighted by Crippen LogP contribution is -2.31. The van der Waals surface area contributed by atoms with Gasteiger partial charge in [0.25, 0.3) is 0 Å². The lowest BCUT2D eigenvalue weighted by molar-refractivity contribution is -0.0795. The van der Waals surface area contributed by atoms with Crippen LogP contribution in [0.2, 0.25) is 0 Å². The molecule has 0 bridgehead atoms. The molecular weight excluding hydrogens is 252 g/mol. The van der Waals surface area contributed by atoms with Crippen LogP contribution in [-0.4, -0.2) is 24.4 Å². The second-order valence-corrected chi connectivity index (χ2v) is 5.64. The molecule has 3 nitrogen and oxygen atoms in total. The minimum Gasteiger partial charge on any atom is -0.497 e. The van der Waals surface area contributed by atoms with Gasteiger partial charge in [-0.3, -0.25) is 0 Å². The van der Waals surface area contributed by atoms with E-state index in [9.17, 15) is 5.11 Å². The third kappa shape index (κ3) is 2.28. The summed E-state index contributed by atoms with van der Waals surface area (Å²) in [6, 6.07) is 12.0. The maximum absolute atomic E-state index is 10.6. The first kappa shape index (κ1) is 13.4. The predicted molar refractivity (Wildman–Crippen MR) is 79.1 cm³/mol. The molecule has 2 aromatic carbocycles. The third-order valence-electron chi connectivity index (χ3n) is 4.21. The lowest BCUT2D eigenvalue weighted by atomic mass is 9.89. The van der Waals surface area contributed by atoms with Crippen molar-refractivity contribution < 1.29 is 14.6 Å². The van der Waals surface area contributed by atoms with Gasteiger partial charge in [-0.15, -0.1) is 0 Å². The number of hydrogen-bond donors (Lipinski definition) is 1. The Morgan fingerprint density at radius 3 is 2.65 bits per heavy atom. The monoisotopic (exact) mass is 272 g/mol. The van der Waals surface area contributed by atoms with Crippen molar-refractivity contribution >= 4 is 10.8 Å². The van der Waals surface area contributed by atoms with Gasteiger partial charge >= 0.3 is 0 Å². The second kappa shape index (κ2) is 5.08. The average Bonchev–Trinajstić information content (AvgIpc) is 2.93. The number of hydrogen-bond acceptors (Lipinski definition) is 3. The molecule has 2 aromatic rings. The molecule has 1 saturated heterocycles. The smallest absolute Gasteiger partial charge is 0.119 e. The van der Waals surface area contributed by atoms with Gasteiger partial charge in [0, 0.05) is 6.61 Å². The topological polar surface area (TPSA) is 38.7 Å². The highest BCUT2D eigenvalue weighted by molar-refractivity contribution is 5.84. The van der Waals surface area contributed by atoms with Crippen LogP contribution in [0.1, 0.15) is 31.4 Å². The van der Waals surface area contributed by atoms with E-state index in [1.165, 1.54) is 0 Å². The Morgan fingerprint density at radius 2 is 1.95 bits per heavy atom. The first-order valence-electron chi connectivity index (χ1n) is 7.02. The van der Waals surface area contributed by atoms with Gasteiger partial charge < -0.3 is 14.6 Å². The lowest BCUT2D eigenvalue weighted by Gasteiger charge is -2.29. The zero-order valence-electron chi connectivity index (χ0n) is 11.9. The minimum atomic E-state index is -0.587.